The van der Waals surface area contributed by atoms with Crippen LogP contribution in [0.1, 0.15) is 110 Å². The fraction of sp³-hybridized carbons (Fsp3) is 0.950. The molecule has 0 heterocycles. The molecule has 0 saturated heterocycles. The van der Waals surface area contributed by atoms with Crippen LogP contribution in [0.3, 0.4) is 0 Å². The Morgan fingerprint density at radius 3 is 1.64 bits per heavy atom. The molecule has 2 heteroatoms. The first-order valence-corrected chi connectivity index (χ1v) is 9.97. The van der Waals surface area contributed by atoms with E-state index >= 15 is 0 Å². The third-order valence-electron chi connectivity index (χ3n) is 4.41. The van der Waals surface area contributed by atoms with Crippen molar-refractivity contribution >= 4 is 6.21 Å². The van der Waals surface area contributed by atoms with Gasteiger partial charge in [0.25, 0.3) is 0 Å². The first-order valence-electron chi connectivity index (χ1n) is 9.97. The Hall–Kier alpha value is -0.370. The van der Waals surface area contributed by atoms with Crippen LogP contribution in [0.2, 0.25) is 0 Å². The second-order valence-electron chi connectivity index (χ2n) is 6.63. The molecule has 0 aliphatic rings. The van der Waals surface area contributed by atoms with Gasteiger partial charge in [0.15, 0.2) is 0 Å². The summed E-state index contributed by atoms with van der Waals surface area (Å²) in [7, 11) is 0. The van der Waals surface area contributed by atoms with Crippen molar-refractivity contribution < 1.29 is 5.11 Å². The number of aliphatic hydroxyl groups excluding tert-OH is 1. The molecule has 2 nitrogen and oxygen atoms in total. The number of unbranched alkanes of at least 4 members (excludes halogenated alkanes) is 11. The van der Waals surface area contributed by atoms with Gasteiger partial charge in [-0.25, -0.2) is 0 Å². The van der Waals surface area contributed by atoms with Gasteiger partial charge in [-0.05, 0) is 12.8 Å². The molecule has 0 rings (SSSR count). The molecular weight excluding hydrogens is 270 g/mol. The number of rotatable bonds is 17. The van der Waals surface area contributed by atoms with E-state index in [0.29, 0.717) is 6.04 Å². The van der Waals surface area contributed by atoms with E-state index < -0.39 is 0 Å². The second kappa shape index (κ2) is 18.7. The molecule has 0 bridgehead atoms. The van der Waals surface area contributed by atoms with Crippen LogP contribution in [-0.2, 0) is 0 Å². The summed E-state index contributed by atoms with van der Waals surface area (Å²) in [5, 5.41) is 8.81. The van der Waals surface area contributed by atoms with Gasteiger partial charge in [0.1, 0.15) is 0 Å². The topological polar surface area (TPSA) is 32.6 Å². The van der Waals surface area contributed by atoms with Crippen molar-refractivity contribution in [2.24, 2.45) is 4.99 Å². The Kier molecular flexibility index (Phi) is 18.4. The highest BCUT2D eigenvalue weighted by Gasteiger charge is 2.04. The van der Waals surface area contributed by atoms with Crippen LogP contribution in [0, 0.1) is 0 Å². The summed E-state index contributed by atoms with van der Waals surface area (Å²) >= 11 is 0. The first-order chi connectivity index (χ1) is 10.8. The maximum atomic E-state index is 8.81. The van der Waals surface area contributed by atoms with Gasteiger partial charge in [0.2, 0.25) is 0 Å². The van der Waals surface area contributed by atoms with E-state index in [1.54, 1.807) is 6.21 Å². The number of aliphatic hydroxyl groups is 1. The molecule has 0 aromatic heterocycles. The number of hydrogen-bond donors (Lipinski definition) is 1. The lowest BCUT2D eigenvalue weighted by Gasteiger charge is -2.10. The van der Waals surface area contributed by atoms with Gasteiger partial charge in [-0.3, -0.25) is 4.99 Å². The van der Waals surface area contributed by atoms with Crippen LogP contribution < -0.4 is 0 Å². The molecule has 0 aliphatic heterocycles. The second-order valence-corrected chi connectivity index (χ2v) is 6.63. The van der Waals surface area contributed by atoms with Gasteiger partial charge in [-0.15, -0.1) is 0 Å². The summed E-state index contributed by atoms with van der Waals surface area (Å²) in [6.45, 7) is 4.58. The van der Waals surface area contributed by atoms with E-state index in [-0.39, 0.29) is 6.61 Å². The van der Waals surface area contributed by atoms with Crippen molar-refractivity contribution in [3.05, 3.63) is 0 Å². The van der Waals surface area contributed by atoms with Crippen LogP contribution in [-0.4, -0.2) is 24.0 Å². The number of nitrogens with zero attached hydrogens (tertiary/aromatic N) is 1. The summed E-state index contributed by atoms with van der Waals surface area (Å²) in [5.74, 6) is 0. The van der Waals surface area contributed by atoms with Crippen molar-refractivity contribution in [3.63, 3.8) is 0 Å². The van der Waals surface area contributed by atoms with Gasteiger partial charge in [-0.1, -0.05) is 97.3 Å². The molecule has 22 heavy (non-hydrogen) atoms. The Morgan fingerprint density at radius 1 is 0.682 bits per heavy atom. The predicted molar refractivity (Wildman–Crippen MR) is 100.0 cm³/mol. The summed E-state index contributed by atoms with van der Waals surface area (Å²) in [6.07, 6.45) is 22.1. The van der Waals surface area contributed by atoms with Crippen LogP contribution in [0.4, 0.5) is 0 Å². The molecule has 1 N–H and O–H groups in total. The molecule has 0 aromatic carbocycles. The molecule has 0 spiro atoms. The van der Waals surface area contributed by atoms with Gasteiger partial charge < -0.3 is 5.11 Å². The molecule has 0 fully saturated rings. The minimum atomic E-state index is 0.0820. The highest BCUT2D eigenvalue weighted by molar-refractivity contribution is 5.58. The van der Waals surface area contributed by atoms with E-state index in [1.807, 2.05) is 0 Å². The molecular formula is C20H41NO. The molecule has 1 unspecified atom stereocenters. The lowest BCUT2D eigenvalue weighted by atomic mass is 10.0. The minimum absolute atomic E-state index is 0.0820. The van der Waals surface area contributed by atoms with Crippen LogP contribution >= 0.6 is 0 Å². The Bertz CT molecular complexity index is 228. The monoisotopic (exact) mass is 311 g/mol. The fourth-order valence-corrected chi connectivity index (χ4v) is 3.04. The summed E-state index contributed by atoms with van der Waals surface area (Å²) in [5.41, 5.74) is 0. The van der Waals surface area contributed by atoms with Crippen molar-refractivity contribution in [1.29, 1.82) is 0 Å². The smallest absolute Gasteiger partial charge is 0.0779 e. The normalized spacial score (nSPS) is 13.0. The highest BCUT2D eigenvalue weighted by atomic mass is 16.2. The molecule has 1 atom stereocenters. The lowest BCUT2D eigenvalue weighted by molar-refractivity contribution is 0.360. The van der Waals surface area contributed by atoms with E-state index in [2.05, 4.69) is 18.8 Å². The molecule has 0 aromatic rings. The molecule has 0 amide bonds. The Labute approximate surface area is 139 Å². The number of hydrogen-bond acceptors (Lipinski definition) is 2. The van der Waals surface area contributed by atoms with Gasteiger partial charge in [0, 0.05) is 12.3 Å². The van der Waals surface area contributed by atoms with Crippen molar-refractivity contribution in [2.45, 2.75) is 116 Å². The quantitative estimate of drug-likeness (QED) is 0.248. The summed E-state index contributed by atoms with van der Waals surface area (Å²) in [4.78, 5) is 4.45. The zero-order chi connectivity index (χ0) is 16.3. The van der Waals surface area contributed by atoms with Crippen LogP contribution in [0.15, 0.2) is 4.99 Å². The van der Waals surface area contributed by atoms with Crippen LogP contribution in [0.25, 0.3) is 0 Å². The fourth-order valence-electron chi connectivity index (χ4n) is 3.04. The number of aliphatic imine (C=N–C) groups is 1. The first kappa shape index (κ1) is 21.6. The van der Waals surface area contributed by atoms with E-state index in [9.17, 15) is 0 Å². The zero-order valence-electron chi connectivity index (χ0n) is 15.4. The average molecular weight is 312 g/mol. The highest BCUT2D eigenvalue weighted by Crippen LogP contribution is 2.15. The lowest BCUT2D eigenvalue weighted by Crippen LogP contribution is -2.05. The third-order valence-corrected chi connectivity index (χ3v) is 4.41. The molecule has 0 saturated carbocycles. The maximum Gasteiger partial charge on any atom is 0.0779 e. The third kappa shape index (κ3) is 16.0. The maximum absolute atomic E-state index is 8.81. The van der Waals surface area contributed by atoms with Gasteiger partial charge in [0.05, 0.1) is 6.61 Å². The standard InChI is InChI=1S/C20H41NO/c1-3-5-6-7-8-9-10-11-12-13-14-15-17-20(16-4-2)21-18-19-22/h18,20,22H,3-17,19H2,1-2H3. The summed E-state index contributed by atoms with van der Waals surface area (Å²) < 4.78 is 0. The minimum Gasteiger partial charge on any atom is -0.391 e. The SMILES string of the molecule is CCCCCCCCCCCCCCC(CCC)N=CCO. The molecule has 0 aliphatic carbocycles. The van der Waals surface area contributed by atoms with E-state index in [0.717, 1.165) is 6.42 Å². The average Bonchev–Trinajstić information content (AvgIpc) is 2.53. The molecule has 132 valence electrons. The Balaban J connectivity index is 3.29. The van der Waals surface area contributed by atoms with Crippen LogP contribution in [0.5, 0.6) is 0 Å². The largest absolute Gasteiger partial charge is 0.391 e. The van der Waals surface area contributed by atoms with Crippen molar-refractivity contribution in [1.82, 2.24) is 0 Å². The molecule has 0 radical (unpaired) electrons. The Morgan fingerprint density at radius 2 is 1.18 bits per heavy atom. The van der Waals surface area contributed by atoms with E-state index in [1.165, 1.54) is 89.9 Å². The summed E-state index contributed by atoms with van der Waals surface area (Å²) in [6, 6.07) is 0.445. The zero-order valence-corrected chi connectivity index (χ0v) is 15.4. The van der Waals surface area contributed by atoms with Gasteiger partial charge >= 0.3 is 0 Å². The van der Waals surface area contributed by atoms with E-state index in [4.69, 9.17) is 5.11 Å². The van der Waals surface area contributed by atoms with Gasteiger partial charge in [-0.2, -0.15) is 0 Å². The predicted octanol–water partition coefficient (Wildman–Crippen LogP) is 6.31. The van der Waals surface area contributed by atoms with Crippen molar-refractivity contribution in [3.8, 4) is 0 Å². The van der Waals surface area contributed by atoms with Crippen molar-refractivity contribution in [2.75, 3.05) is 6.61 Å².